The molecule has 0 amide bonds. The van der Waals surface area contributed by atoms with Gasteiger partial charge < -0.3 is 9.47 Å². The molecule has 42 valence electrons. The molecule has 1 saturated heterocycles. The van der Waals surface area contributed by atoms with E-state index in [2.05, 4.69) is 0 Å². The number of hydrogen-bond acceptors (Lipinski definition) is 2. The van der Waals surface area contributed by atoms with Crippen molar-refractivity contribution in [1.29, 1.82) is 0 Å². The minimum Gasteiger partial charge on any atom is -0.350 e. The van der Waals surface area contributed by atoms with Gasteiger partial charge in [-0.3, -0.25) is 0 Å². The summed E-state index contributed by atoms with van der Waals surface area (Å²) >= 11 is 0. The zero-order valence-electron chi connectivity index (χ0n) is 4.68. The second kappa shape index (κ2) is 1.80. The molecule has 0 aromatic heterocycles. The fourth-order valence-electron chi connectivity index (χ4n) is 0.525. The number of rotatable bonds is 0. The lowest BCUT2D eigenvalue weighted by atomic mass is 10.3. The summed E-state index contributed by atoms with van der Waals surface area (Å²) < 4.78 is 10.1. The number of hydrogen-bond donors (Lipinski definition) is 0. The van der Waals surface area contributed by atoms with E-state index in [1.165, 1.54) is 0 Å². The smallest absolute Gasteiger partial charge is 0.147 e. The highest BCUT2D eigenvalue weighted by atomic mass is 16.7. The van der Waals surface area contributed by atoms with Crippen LogP contribution in [0.25, 0.3) is 0 Å². The predicted molar refractivity (Wildman–Crippen MR) is 26.0 cm³/mol. The maximum Gasteiger partial charge on any atom is 0.147 e. The van der Waals surface area contributed by atoms with Crippen molar-refractivity contribution in [1.82, 2.24) is 0 Å². The molecule has 1 aliphatic heterocycles. The lowest BCUT2D eigenvalue weighted by Crippen LogP contribution is -2.13. The molecule has 7 heavy (non-hydrogen) atoms. The topological polar surface area (TPSA) is 18.5 Å². The molecular weight excluding hydrogens is 92.1 g/mol. The minimum absolute atomic E-state index is 0.292. The fourth-order valence-corrected chi connectivity index (χ4v) is 0.525. The van der Waals surface area contributed by atoms with Crippen LogP contribution in [0.5, 0.6) is 0 Å². The summed E-state index contributed by atoms with van der Waals surface area (Å²) in [4.78, 5) is 0. The number of ether oxygens (including phenoxy) is 2. The van der Waals surface area contributed by atoms with Crippen LogP contribution in [0.3, 0.4) is 0 Å². The predicted octanol–water partition coefficient (Wildman–Crippen LogP) is 0.768. The second-order valence-corrected chi connectivity index (χ2v) is 1.86. The van der Waals surface area contributed by atoms with Crippen molar-refractivity contribution in [3.8, 4) is 0 Å². The summed E-state index contributed by atoms with van der Waals surface area (Å²) in [5.74, 6) is 0. The van der Waals surface area contributed by atoms with Crippen LogP contribution in [0.1, 0.15) is 13.8 Å². The van der Waals surface area contributed by atoms with Crippen LogP contribution in [0.2, 0.25) is 0 Å². The fraction of sp³-hybridized carbons (Fsp3) is 1.00. The molecule has 0 radical (unpaired) electrons. The van der Waals surface area contributed by atoms with Crippen molar-refractivity contribution in [3.63, 3.8) is 0 Å². The molecule has 1 aliphatic rings. The van der Waals surface area contributed by atoms with E-state index in [1.54, 1.807) is 0 Å². The van der Waals surface area contributed by atoms with Gasteiger partial charge >= 0.3 is 0 Å². The molecule has 2 heteroatoms. The van der Waals surface area contributed by atoms with Gasteiger partial charge in [0.1, 0.15) is 6.79 Å². The second-order valence-electron chi connectivity index (χ2n) is 1.86. The van der Waals surface area contributed by atoms with Crippen molar-refractivity contribution in [2.24, 2.45) is 0 Å². The van der Waals surface area contributed by atoms with Gasteiger partial charge in [-0.1, -0.05) is 0 Å². The molecule has 2 atom stereocenters. The molecule has 0 aliphatic carbocycles. The van der Waals surface area contributed by atoms with E-state index in [-0.39, 0.29) is 0 Å². The SMILES string of the molecule is C[C@@H]1OCO[C@H]1C. The largest absolute Gasteiger partial charge is 0.350 e. The van der Waals surface area contributed by atoms with Crippen LogP contribution >= 0.6 is 0 Å². The Morgan fingerprint density at radius 1 is 1.14 bits per heavy atom. The van der Waals surface area contributed by atoms with Crippen molar-refractivity contribution in [3.05, 3.63) is 0 Å². The molecule has 1 rings (SSSR count). The average molecular weight is 102 g/mol. The van der Waals surface area contributed by atoms with E-state index >= 15 is 0 Å². The molecule has 0 aromatic carbocycles. The van der Waals surface area contributed by atoms with E-state index in [4.69, 9.17) is 9.47 Å². The normalized spacial score (nSPS) is 42.0. The van der Waals surface area contributed by atoms with Gasteiger partial charge in [-0.25, -0.2) is 0 Å². The highest BCUT2D eigenvalue weighted by Gasteiger charge is 2.18. The molecular formula is C5H10O2. The highest BCUT2D eigenvalue weighted by molar-refractivity contribution is 4.62. The van der Waals surface area contributed by atoms with Crippen molar-refractivity contribution >= 4 is 0 Å². The first kappa shape index (κ1) is 5.06. The Kier molecular flexibility index (Phi) is 1.30. The van der Waals surface area contributed by atoms with Gasteiger partial charge in [0.2, 0.25) is 0 Å². The van der Waals surface area contributed by atoms with Crippen LogP contribution in [-0.4, -0.2) is 19.0 Å². The first-order chi connectivity index (χ1) is 3.30. The zero-order chi connectivity index (χ0) is 5.28. The van der Waals surface area contributed by atoms with Crippen LogP contribution in [-0.2, 0) is 9.47 Å². The monoisotopic (exact) mass is 102 g/mol. The quantitative estimate of drug-likeness (QED) is 0.449. The summed E-state index contributed by atoms with van der Waals surface area (Å²) in [5, 5.41) is 0. The van der Waals surface area contributed by atoms with Gasteiger partial charge in [-0.05, 0) is 13.8 Å². The van der Waals surface area contributed by atoms with E-state index in [1.807, 2.05) is 13.8 Å². The van der Waals surface area contributed by atoms with Crippen LogP contribution in [0.15, 0.2) is 0 Å². The minimum atomic E-state index is 0.292. The average Bonchev–Trinajstić information content (AvgIpc) is 1.91. The third-order valence-electron chi connectivity index (χ3n) is 1.32. The Labute approximate surface area is 43.4 Å². The van der Waals surface area contributed by atoms with E-state index < -0.39 is 0 Å². The molecule has 0 spiro atoms. The van der Waals surface area contributed by atoms with Gasteiger partial charge in [0, 0.05) is 0 Å². The Balaban J connectivity index is 2.33. The summed E-state index contributed by atoms with van der Waals surface area (Å²) in [6.45, 7) is 4.50. The lowest BCUT2D eigenvalue weighted by molar-refractivity contribution is 0.0433. The lowest BCUT2D eigenvalue weighted by Gasteiger charge is -2.02. The molecule has 2 nitrogen and oxygen atoms in total. The van der Waals surface area contributed by atoms with Gasteiger partial charge in [0.25, 0.3) is 0 Å². The molecule has 0 saturated carbocycles. The van der Waals surface area contributed by atoms with Crippen LogP contribution < -0.4 is 0 Å². The summed E-state index contributed by atoms with van der Waals surface area (Å²) in [6, 6.07) is 0. The molecule has 0 N–H and O–H groups in total. The molecule has 1 heterocycles. The third kappa shape index (κ3) is 0.924. The highest BCUT2D eigenvalue weighted by Crippen LogP contribution is 2.09. The van der Waals surface area contributed by atoms with Gasteiger partial charge in [-0.2, -0.15) is 0 Å². The maximum atomic E-state index is 5.04. The summed E-state index contributed by atoms with van der Waals surface area (Å²) in [7, 11) is 0. The van der Waals surface area contributed by atoms with Gasteiger partial charge in [0.05, 0.1) is 12.2 Å². The molecule has 0 unspecified atom stereocenters. The van der Waals surface area contributed by atoms with Gasteiger partial charge in [-0.15, -0.1) is 0 Å². The summed E-state index contributed by atoms with van der Waals surface area (Å²) in [5.41, 5.74) is 0. The van der Waals surface area contributed by atoms with E-state index in [9.17, 15) is 0 Å². The first-order valence-electron chi connectivity index (χ1n) is 2.54. The van der Waals surface area contributed by atoms with Crippen molar-refractivity contribution in [2.45, 2.75) is 26.1 Å². The third-order valence-corrected chi connectivity index (χ3v) is 1.32. The van der Waals surface area contributed by atoms with E-state index in [0.29, 0.717) is 19.0 Å². The molecule has 1 fully saturated rings. The Hall–Kier alpha value is -0.0800. The zero-order valence-corrected chi connectivity index (χ0v) is 4.68. The summed E-state index contributed by atoms with van der Waals surface area (Å²) in [6.07, 6.45) is 0.583. The standard InChI is InChI=1S/C5H10O2/c1-4-5(2)7-3-6-4/h4-5H,3H2,1-2H3/t4-,5-/m0/s1. The van der Waals surface area contributed by atoms with Gasteiger partial charge in [0.15, 0.2) is 0 Å². The van der Waals surface area contributed by atoms with Crippen molar-refractivity contribution < 1.29 is 9.47 Å². The van der Waals surface area contributed by atoms with Crippen molar-refractivity contribution in [2.75, 3.05) is 6.79 Å². The molecule has 0 bridgehead atoms. The van der Waals surface area contributed by atoms with Crippen LogP contribution in [0.4, 0.5) is 0 Å². The van der Waals surface area contributed by atoms with Crippen LogP contribution in [0, 0.1) is 0 Å². The maximum absolute atomic E-state index is 5.04. The van der Waals surface area contributed by atoms with E-state index in [0.717, 1.165) is 0 Å². The Morgan fingerprint density at radius 2 is 1.57 bits per heavy atom. The Morgan fingerprint density at radius 3 is 1.71 bits per heavy atom. The molecule has 0 aromatic rings. The Bertz CT molecular complexity index is 55.1. The first-order valence-corrected chi connectivity index (χ1v) is 2.54.